The molecule has 1 aromatic rings. The van der Waals surface area contributed by atoms with Gasteiger partial charge in [0.2, 0.25) is 5.91 Å². The van der Waals surface area contributed by atoms with E-state index in [1.165, 1.54) is 0 Å². The molecule has 0 aliphatic rings. The Labute approximate surface area is 115 Å². The average molecular weight is 259 g/mol. The third-order valence-corrected chi connectivity index (χ3v) is 2.70. The second-order valence-electron chi connectivity index (χ2n) is 4.99. The number of carbonyl (C=O) groups excluding carboxylic acids is 1. The third-order valence-electron chi connectivity index (χ3n) is 2.70. The number of nitrogens with one attached hydrogen (secondary N) is 1. The largest absolute Gasteiger partial charge is 0.384 e. The van der Waals surface area contributed by atoms with Gasteiger partial charge in [0.1, 0.15) is 6.61 Å². The van der Waals surface area contributed by atoms with E-state index >= 15 is 0 Å². The van der Waals surface area contributed by atoms with Crippen molar-refractivity contribution in [3.05, 3.63) is 29.3 Å². The Kier molecular flexibility index (Phi) is 6.11. The van der Waals surface area contributed by atoms with E-state index in [-0.39, 0.29) is 12.5 Å². The van der Waals surface area contributed by atoms with Crippen molar-refractivity contribution in [1.82, 2.24) is 0 Å². The van der Waals surface area contributed by atoms with E-state index in [9.17, 15) is 4.79 Å². The van der Waals surface area contributed by atoms with Crippen LogP contribution in [0, 0.1) is 24.7 Å². The Morgan fingerprint density at radius 3 is 2.79 bits per heavy atom. The summed E-state index contributed by atoms with van der Waals surface area (Å²) < 4.78 is 0. The molecular formula is C16H21NO2. The first-order valence-electron chi connectivity index (χ1n) is 6.53. The minimum absolute atomic E-state index is 0.00426. The van der Waals surface area contributed by atoms with E-state index < -0.39 is 0 Å². The molecule has 0 bridgehead atoms. The Morgan fingerprint density at radius 2 is 2.16 bits per heavy atom. The van der Waals surface area contributed by atoms with Gasteiger partial charge in [-0.05, 0) is 37.0 Å². The lowest BCUT2D eigenvalue weighted by Crippen LogP contribution is -2.13. The van der Waals surface area contributed by atoms with Crippen molar-refractivity contribution in [2.75, 3.05) is 11.9 Å². The van der Waals surface area contributed by atoms with Gasteiger partial charge in [-0.2, -0.15) is 0 Å². The summed E-state index contributed by atoms with van der Waals surface area (Å²) in [7, 11) is 0. The predicted molar refractivity (Wildman–Crippen MR) is 77.8 cm³/mol. The van der Waals surface area contributed by atoms with Crippen LogP contribution in [-0.2, 0) is 4.79 Å². The molecule has 0 saturated carbocycles. The Hall–Kier alpha value is -1.79. The first-order chi connectivity index (χ1) is 9.02. The Bertz CT molecular complexity index is 495. The van der Waals surface area contributed by atoms with Gasteiger partial charge < -0.3 is 10.4 Å². The number of anilines is 1. The zero-order valence-electron chi connectivity index (χ0n) is 11.8. The van der Waals surface area contributed by atoms with E-state index in [1.807, 2.05) is 25.1 Å². The zero-order chi connectivity index (χ0) is 14.3. The van der Waals surface area contributed by atoms with Crippen molar-refractivity contribution in [1.29, 1.82) is 0 Å². The molecule has 0 unspecified atom stereocenters. The van der Waals surface area contributed by atoms with Crippen LogP contribution in [0.1, 0.15) is 37.8 Å². The lowest BCUT2D eigenvalue weighted by molar-refractivity contribution is -0.116. The monoisotopic (exact) mass is 259 g/mol. The number of carbonyl (C=O) groups is 1. The molecule has 1 rings (SSSR count). The highest BCUT2D eigenvalue weighted by Gasteiger charge is 2.07. The van der Waals surface area contributed by atoms with Crippen LogP contribution in [0.3, 0.4) is 0 Å². The molecule has 3 heteroatoms. The highest BCUT2D eigenvalue weighted by atomic mass is 16.2. The van der Waals surface area contributed by atoms with Gasteiger partial charge in [-0.3, -0.25) is 4.79 Å². The van der Waals surface area contributed by atoms with Crippen LogP contribution in [0.15, 0.2) is 18.2 Å². The van der Waals surface area contributed by atoms with Crippen molar-refractivity contribution < 1.29 is 9.90 Å². The fourth-order valence-electron chi connectivity index (χ4n) is 1.64. The molecule has 2 N–H and O–H groups in total. The lowest BCUT2D eigenvalue weighted by Gasteiger charge is -2.09. The molecule has 0 aromatic heterocycles. The number of hydrogen-bond donors (Lipinski definition) is 2. The molecule has 1 aromatic carbocycles. The number of hydrogen-bond acceptors (Lipinski definition) is 2. The van der Waals surface area contributed by atoms with Crippen LogP contribution in [0.4, 0.5) is 5.69 Å². The molecule has 0 aliphatic carbocycles. The molecule has 0 saturated heterocycles. The normalized spacial score (nSPS) is 9.95. The number of aryl methyl sites for hydroxylation is 1. The van der Waals surface area contributed by atoms with Crippen LogP contribution in [0.2, 0.25) is 0 Å². The molecule has 3 nitrogen and oxygen atoms in total. The van der Waals surface area contributed by atoms with Crippen molar-refractivity contribution in [2.45, 2.75) is 33.6 Å². The summed E-state index contributed by atoms with van der Waals surface area (Å²) in [6.45, 7) is 5.97. The van der Waals surface area contributed by atoms with Crippen molar-refractivity contribution in [2.24, 2.45) is 5.92 Å². The van der Waals surface area contributed by atoms with E-state index in [1.54, 1.807) is 0 Å². The summed E-state index contributed by atoms with van der Waals surface area (Å²) in [4.78, 5) is 11.8. The minimum Gasteiger partial charge on any atom is -0.384 e. The second kappa shape index (κ2) is 7.60. The zero-order valence-corrected chi connectivity index (χ0v) is 11.8. The van der Waals surface area contributed by atoms with Crippen molar-refractivity contribution >= 4 is 11.6 Å². The summed E-state index contributed by atoms with van der Waals surface area (Å²) in [6, 6.07) is 5.69. The number of aliphatic hydroxyl groups excluding tert-OH is 1. The predicted octanol–water partition coefficient (Wildman–Crippen LogP) is 2.71. The molecule has 0 heterocycles. The minimum atomic E-state index is -0.186. The van der Waals surface area contributed by atoms with Gasteiger partial charge in [0.25, 0.3) is 0 Å². The van der Waals surface area contributed by atoms with Crippen LogP contribution < -0.4 is 5.32 Å². The third kappa shape index (κ3) is 5.58. The van der Waals surface area contributed by atoms with Gasteiger partial charge in [0, 0.05) is 12.0 Å². The van der Waals surface area contributed by atoms with Gasteiger partial charge in [-0.25, -0.2) is 0 Å². The number of benzene rings is 1. The van der Waals surface area contributed by atoms with Gasteiger partial charge in [-0.1, -0.05) is 31.8 Å². The maximum absolute atomic E-state index is 11.8. The average Bonchev–Trinajstić information content (AvgIpc) is 2.36. The second-order valence-corrected chi connectivity index (χ2v) is 4.99. The first-order valence-corrected chi connectivity index (χ1v) is 6.53. The summed E-state index contributed by atoms with van der Waals surface area (Å²) in [5.74, 6) is 5.98. The molecule has 102 valence electrons. The molecular weight excluding hydrogens is 238 g/mol. The van der Waals surface area contributed by atoms with Gasteiger partial charge >= 0.3 is 0 Å². The molecule has 0 fully saturated rings. The first kappa shape index (κ1) is 15.3. The van der Waals surface area contributed by atoms with Crippen LogP contribution in [0.5, 0.6) is 0 Å². The standard InChI is InChI=1S/C16H21NO2/c1-12(2)6-9-16(19)17-15-8-7-13(3)11-14(15)5-4-10-18/h7-8,11-12,18H,6,9-10H2,1-3H3,(H,17,19). The molecule has 0 atom stereocenters. The molecule has 0 spiro atoms. The van der Waals surface area contributed by atoms with E-state index in [0.717, 1.165) is 17.5 Å². The van der Waals surface area contributed by atoms with E-state index in [2.05, 4.69) is 31.0 Å². The van der Waals surface area contributed by atoms with Crippen LogP contribution in [0.25, 0.3) is 0 Å². The van der Waals surface area contributed by atoms with Crippen molar-refractivity contribution in [3.63, 3.8) is 0 Å². The van der Waals surface area contributed by atoms with Gasteiger partial charge in [0.05, 0.1) is 5.69 Å². The van der Waals surface area contributed by atoms with Crippen molar-refractivity contribution in [3.8, 4) is 11.8 Å². The summed E-state index contributed by atoms with van der Waals surface area (Å²) in [5.41, 5.74) is 2.52. The molecule has 1 amide bonds. The SMILES string of the molecule is Cc1ccc(NC(=O)CCC(C)C)c(C#CCO)c1. The van der Waals surface area contributed by atoms with Gasteiger partial charge in [0.15, 0.2) is 0 Å². The highest BCUT2D eigenvalue weighted by Crippen LogP contribution is 2.17. The molecule has 19 heavy (non-hydrogen) atoms. The number of amides is 1. The maximum atomic E-state index is 11.8. The van der Waals surface area contributed by atoms with Gasteiger partial charge in [-0.15, -0.1) is 0 Å². The Morgan fingerprint density at radius 1 is 1.42 bits per heavy atom. The maximum Gasteiger partial charge on any atom is 0.224 e. The summed E-state index contributed by atoms with van der Waals surface area (Å²) in [5, 5.41) is 11.6. The van der Waals surface area contributed by atoms with E-state index in [4.69, 9.17) is 5.11 Å². The van der Waals surface area contributed by atoms with Crippen LogP contribution >= 0.6 is 0 Å². The quantitative estimate of drug-likeness (QED) is 0.817. The Balaban J connectivity index is 2.79. The summed E-state index contributed by atoms with van der Waals surface area (Å²) >= 11 is 0. The van der Waals surface area contributed by atoms with E-state index in [0.29, 0.717) is 18.0 Å². The van der Waals surface area contributed by atoms with Crippen LogP contribution in [-0.4, -0.2) is 17.6 Å². The topological polar surface area (TPSA) is 49.3 Å². The summed E-state index contributed by atoms with van der Waals surface area (Å²) in [6.07, 6.45) is 1.38. The molecule has 0 aliphatic heterocycles. The highest BCUT2D eigenvalue weighted by molar-refractivity contribution is 5.92. The fraction of sp³-hybridized carbons (Fsp3) is 0.438. The smallest absolute Gasteiger partial charge is 0.224 e. The number of aliphatic hydroxyl groups is 1. The number of rotatable bonds is 4. The fourth-order valence-corrected chi connectivity index (χ4v) is 1.64. The molecule has 0 radical (unpaired) electrons. The lowest BCUT2D eigenvalue weighted by atomic mass is 10.1.